The molecule has 7 aromatic rings. The van der Waals surface area contributed by atoms with Gasteiger partial charge in [-0.1, -0.05) is 36.4 Å². The second kappa shape index (κ2) is 12.2. The Labute approximate surface area is 259 Å². The zero-order valence-corrected chi connectivity index (χ0v) is 25.0. The number of likely N-dealkylation sites (N-methyl/N-ethyl adjacent to an activating group) is 1. The number of hydrogen-bond acceptors (Lipinski definition) is 6. The van der Waals surface area contributed by atoms with Crippen molar-refractivity contribution in [2.45, 2.75) is 6.61 Å². The number of nitrogens with one attached hydrogen (secondary N) is 3. The number of anilines is 1. The molecule has 7 rings (SSSR count). The summed E-state index contributed by atoms with van der Waals surface area (Å²) in [5, 5.41) is 13.0. The number of H-pyrrole nitrogens is 2. The molecule has 0 unspecified atom stereocenters. The van der Waals surface area contributed by atoms with Gasteiger partial charge in [0.2, 0.25) is 0 Å². The second-order valence-corrected chi connectivity index (χ2v) is 11.3. The first kappa shape index (κ1) is 28.2. The lowest BCUT2D eigenvalue weighted by Crippen LogP contribution is -2.20. The van der Waals surface area contributed by atoms with Gasteiger partial charge < -0.3 is 19.9 Å². The van der Waals surface area contributed by atoms with Crippen LogP contribution in [-0.4, -0.2) is 57.2 Å². The van der Waals surface area contributed by atoms with Crippen LogP contribution < -0.4 is 10.1 Å². The van der Waals surface area contributed by atoms with Gasteiger partial charge in [-0.05, 0) is 73.8 Å². The van der Waals surface area contributed by atoms with Crippen LogP contribution in [0.5, 0.6) is 5.75 Å². The third kappa shape index (κ3) is 6.11. The second-order valence-electron chi connectivity index (χ2n) is 11.3. The normalized spacial score (nSPS) is 11.5. The number of benzene rings is 3. The summed E-state index contributed by atoms with van der Waals surface area (Å²) in [6.07, 6.45) is 5.30. The highest BCUT2D eigenvalue weighted by Crippen LogP contribution is 2.35. The standard InChI is InChI=1S/C36H32FN7O/c1-44(2)13-12-39-28-15-25(14-27(37)18-28)35-31-19-34(41-32(31)10-11-40-35)36-30-17-24(8-9-33(30)42-43-36)26-16-29(21-38-20-26)45-22-23-6-4-3-5-7-23/h3-11,14-21,39,41H,12-13,22H2,1-2H3,(H,42,43). The maximum Gasteiger partial charge on any atom is 0.138 e. The van der Waals surface area contributed by atoms with Crippen molar-refractivity contribution in [2.75, 3.05) is 32.5 Å². The Morgan fingerprint density at radius 1 is 0.822 bits per heavy atom. The zero-order chi connectivity index (χ0) is 30.8. The minimum Gasteiger partial charge on any atom is -0.487 e. The van der Waals surface area contributed by atoms with Crippen molar-refractivity contribution in [3.63, 3.8) is 0 Å². The molecule has 0 aliphatic carbocycles. The lowest BCUT2D eigenvalue weighted by atomic mass is 10.0. The Hall–Kier alpha value is -5.54. The van der Waals surface area contributed by atoms with Gasteiger partial charge in [0.15, 0.2) is 0 Å². The predicted molar refractivity (Wildman–Crippen MR) is 178 cm³/mol. The molecule has 0 saturated carbocycles. The summed E-state index contributed by atoms with van der Waals surface area (Å²) in [6.45, 7) is 2.01. The number of fused-ring (bicyclic) bond motifs is 2. The molecule has 224 valence electrons. The number of aromatic nitrogens is 5. The maximum absolute atomic E-state index is 14.7. The minimum atomic E-state index is -0.315. The summed E-state index contributed by atoms with van der Waals surface area (Å²) in [5.74, 6) is 0.386. The molecule has 0 spiro atoms. The van der Waals surface area contributed by atoms with Gasteiger partial charge in [-0.2, -0.15) is 5.10 Å². The quantitative estimate of drug-likeness (QED) is 0.151. The molecule has 8 nitrogen and oxygen atoms in total. The predicted octanol–water partition coefficient (Wildman–Crippen LogP) is 7.53. The third-order valence-corrected chi connectivity index (χ3v) is 7.72. The minimum absolute atomic E-state index is 0.315. The number of pyridine rings is 2. The van der Waals surface area contributed by atoms with Gasteiger partial charge in [0, 0.05) is 58.6 Å². The SMILES string of the molecule is CN(C)CCNc1cc(F)cc(-c2nccc3[nH]c(-c4n[nH]c5ccc(-c6cncc(OCc7ccccc7)c6)cc45)cc23)c1. The molecule has 45 heavy (non-hydrogen) atoms. The molecule has 0 saturated heterocycles. The molecule has 0 amide bonds. The number of ether oxygens (including phenoxy) is 1. The summed E-state index contributed by atoms with van der Waals surface area (Å²) in [7, 11) is 4.02. The van der Waals surface area contributed by atoms with E-state index in [1.807, 2.05) is 87.0 Å². The molecule has 3 N–H and O–H groups in total. The van der Waals surface area contributed by atoms with Crippen LogP contribution in [0.15, 0.2) is 104 Å². The first-order valence-corrected chi connectivity index (χ1v) is 14.8. The highest BCUT2D eigenvalue weighted by molar-refractivity contribution is 6.01. The van der Waals surface area contributed by atoms with Crippen molar-refractivity contribution >= 4 is 27.5 Å². The van der Waals surface area contributed by atoms with E-state index in [9.17, 15) is 4.39 Å². The highest BCUT2D eigenvalue weighted by atomic mass is 19.1. The number of aromatic amines is 2. The number of nitrogens with zero attached hydrogens (tertiary/aromatic N) is 4. The molecule has 4 heterocycles. The molecule has 3 aromatic carbocycles. The van der Waals surface area contributed by atoms with E-state index in [1.54, 1.807) is 12.4 Å². The van der Waals surface area contributed by atoms with E-state index in [1.165, 1.54) is 12.1 Å². The Morgan fingerprint density at radius 3 is 2.56 bits per heavy atom. The van der Waals surface area contributed by atoms with Crippen LogP contribution in [0.25, 0.3) is 55.6 Å². The fourth-order valence-corrected chi connectivity index (χ4v) is 5.46. The zero-order valence-electron chi connectivity index (χ0n) is 25.0. The smallest absolute Gasteiger partial charge is 0.138 e. The van der Waals surface area contributed by atoms with Gasteiger partial charge in [-0.15, -0.1) is 0 Å². The lowest BCUT2D eigenvalue weighted by Gasteiger charge is -2.12. The van der Waals surface area contributed by atoms with Crippen LogP contribution in [0.4, 0.5) is 10.1 Å². The fourth-order valence-electron chi connectivity index (χ4n) is 5.46. The Morgan fingerprint density at radius 2 is 1.69 bits per heavy atom. The van der Waals surface area contributed by atoms with Crippen molar-refractivity contribution in [2.24, 2.45) is 0 Å². The van der Waals surface area contributed by atoms with E-state index in [4.69, 9.17) is 4.74 Å². The molecule has 0 fully saturated rings. The molecule has 4 aromatic heterocycles. The van der Waals surface area contributed by atoms with Crippen molar-refractivity contribution in [1.82, 2.24) is 30.0 Å². The first-order valence-electron chi connectivity index (χ1n) is 14.8. The fraction of sp³-hybridized carbons (Fsp3) is 0.139. The lowest BCUT2D eigenvalue weighted by molar-refractivity contribution is 0.305. The van der Waals surface area contributed by atoms with Gasteiger partial charge in [0.1, 0.15) is 23.9 Å². The molecule has 0 aliphatic rings. The van der Waals surface area contributed by atoms with Crippen LogP contribution in [0.2, 0.25) is 0 Å². The Balaban J connectivity index is 1.20. The van der Waals surface area contributed by atoms with Crippen LogP contribution in [0.3, 0.4) is 0 Å². The van der Waals surface area contributed by atoms with E-state index in [0.717, 1.165) is 62.1 Å². The number of halogens is 1. The monoisotopic (exact) mass is 597 g/mol. The molecule has 9 heteroatoms. The van der Waals surface area contributed by atoms with Crippen molar-refractivity contribution < 1.29 is 9.13 Å². The molecular weight excluding hydrogens is 565 g/mol. The summed E-state index contributed by atoms with van der Waals surface area (Å²) in [4.78, 5) is 14.7. The van der Waals surface area contributed by atoms with Gasteiger partial charge in [0.05, 0.1) is 23.1 Å². The Kier molecular flexibility index (Phi) is 7.67. The molecule has 0 bridgehead atoms. The van der Waals surface area contributed by atoms with Gasteiger partial charge in [-0.25, -0.2) is 4.39 Å². The molecular formula is C36H32FN7O. The summed E-state index contributed by atoms with van der Waals surface area (Å²) in [5.41, 5.74) is 8.57. The topological polar surface area (TPSA) is 94.8 Å². The number of rotatable bonds is 10. The van der Waals surface area contributed by atoms with Crippen LogP contribution >= 0.6 is 0 Å². The summed E-state index contributed by atoms with van der Waals surface area (Å²) < 4.78 is 20.7. The average molecular weight is 598 g/mol. The molecule has 0 aliphatic heterocycles. The largest absolute Gasteiger partial charge is 0.487 e. The van der Waals surface area contributed by atoms with Crippen LogP contribution in [-0.2, 0) is 6.61 Å². The van der Waals surface area contributed by atoms with Crippen molar-refractivity contribution in [1.29, 1.82) is 0 Å². The van der Waals surface area contributed by atoms with E-state index in [2.05, 4.69) is 41.4 Å². The van der Waals surface area contributed by atoms with Crippen LogP contribution in [0, 0.1) is 5.82 Å². The van der Waals surface area contributed by atoms with Crippen molar-refractivity contribution in [3.05, 3.63) is 115 Å². The summed E-state index contributed by atoms with van der Waals surface area (Å²) in [6, 6.07) is 27.2. The number of hydrogen-bond donors (Lipinski definition) is 3. The van der Waals surface area contributed by atoms with E-state index in [-0.39, 0.29) is 5.82 Å². The van der Waals surface area contributed by atoms with Gasteiger partial charge >= 0.3 is 0 Å². The highest BCUT2D eigenvalue weighted by Gasteiger charge is 2.16. The molecule has 0 radical (unpaired) electrons. The van der Waals surface area contributed by atoms with Crippen molar-refractivity contribution in [3.8, 4) is 39.5 Å². The average Bonchev–Trinajstić information content (AvgIpc) is 3.68. The van der Waals surface area contributed by atoms with E-state index >= 15 is 0 Å². The maximum atomic E-state index is 14.7. The first-order chi connectivity index (χ1) is 22.0. The Bertz CT molecular complexity index is 2100. The van der Waals surface area contributed by atoms with E-state index in [0.29, 0.717) is 30.2 Å². The van der Waals surface area contributed by atoms with Crippen LogP contribution in [0.1, 0.15) is 5.56 Å². The molecule has 0 atom stereocenters. The third-order valence-electron chi connectivity index (χ3n) is 7.72. The van der Waals surface area contributed by atoms with E-state index < -0.39 is 0 Å². The summed E-state index contributed by atoms with van der Waals surface area (Å²) >= 11 is 0. The van der Waals surface area contributed by atoms with Gasteiger partial charge in [0.25, 0.3) is 0 Å². The van der Waals surface area contributed by atoms with Gasteiger partial charge in [-0.3, -0.25) is 15.1 Å².